The number of ether oxygens (including phenoxy) is 1. The Kier molecular flexibility index (Phi) is 7.61. The van der Waals surface area contributed by atoms with Crippen LogP contribution < -0.4 is 5.32 Å². The minimum absolute atomic E-state index is 0.103. The van der Waals surface area contributed by atoms with Gasteiger partial charge in [0.25, 0.3) is 0 Å². The van der Waals surface area contributed by atoms with Crippen molar-refractivity contribution >= 4 is 22.6 Å². The molecule has 2 saturated carbocycles. The van der Waals surface area contributed by atoms with E-state index >= 15 is 0 Å². The molecular formula is C33H44N8O2. The van der Waals surface area contributed by atoms with Gasteiger partial charge < -0.3 is 20.1 Å². The third kappa shape index (κ3) is 5.52. The van der Waals surface area contributed by atoms with Gasteiger partial charge in [0.05, 0.1) is 11.6 Å². The SMILES string of the molecule is CCNc1cc2c(cn1)c(-c1ccc(C3(N4CCN(C)CC4)CC3)cc1)nn2C1CCC(OC2=NN(C)C(O)C=C2)CC1. The van der Waals surface area contributed by atoms with Crippen LogP contribution in [0.4, 0.5) is 5.82 Å². The molecule has 0 radical (unpaired) electrons. The number of piperazine rings is 1. The van der Waals surface area contributed by atoms with Crippen molar-refractivity contribution in [3.8, 4) is 11.3 Å². The maximum atomic E-state index is 9.85. The van der Waals surface area contributed by atoms with Crippen LogP contribution in [0.15, 0.2) is 53.8 Å². The minimum atomic E-state index is -0.699. The summed E-state index contributed by atoms with van der Waals surface area (Å²) in [7, 11) is 3.97. The van der Waals surface area contributed by atoms with Gasteiger partial charge in [-0.1, -0.05) is 24.3 Å². The highest BCUT2D eigenvalue weighted by molar-refractivity contribution is 5.94. The molecule has 0 bridgehead atoms. The molecule has 3 aromatic rings. The number of anilines is 1. The summed E-state index contributed by atoms with van der Waals surface area (Å²) in [6.45, 7) is 7.50. The van der Waals surface area contributed by atoms with Crippen LogP contribution in [0, 0.1) is 0 Å². The number of pyridine rings is 1. The highest BCUT2D eigenvalue weighted by Gasteiger charge is 2.49. The third-order valence-corrected chi connectivity index (χ3v) is 9.80. The molecule has 10 heteroatoms. The molecule has 3 fully saturated rings. The van der Waals surface area contributed by atoms with E-state index in [0.717, 1.165) is 86.4 Å². The lowest BCUT2D eigenvalue weighted by molar-refractivity contribution is 0.0532. The molecule has 1 saturated heterocycles. The number of aliphatic hydroxyl groups excluding tert-OH is 1. The molecule has 1 atom stereocenters. The van der Waals surface area contributed by atoms with E-state index < -0.39 is 6.23 Å². The lowest BCUT2D eigenvalue weighted by Crippen LogP contribution is -2.49. The van der Waals surface area contributed by atoms with Gasteiger partial charge in [0.2, 0.25) is 5.90 Å². The summed E-state index contributed by atoms with van der Waals surface area (Å²) in [4.78, 5) is 9.86. The smallest absolute Gasteiger partial charge is 0.230 e. The van der Waals surface area contributed by atoms with Gasteiger partial charge >= 0.3 is 0 Å². The molecule has 2 aliphatic carbocycles. The number of nitrogens with zero attached hydrogens (tertiary/aromatic N) is 7. The molecular weight excluding hydrogens is 540 g/mol. The fourth-order valence-corrected chi connectivity index (χ4v) is 7.06. The Morgan fingerprint density at radius 3 is 2.44 bits per heavy atom. The fraction of sp³-hybridized carbons (Fsp3) is 0.545. The Morgan fingerprint density at radius 1 is 1.02 bits per heavy atom. The quantitative estimate of drug-likeness (QED) is 0.422. The zero-order chi connectivity index (χ0) is 29.6. The van der Waals surface area contributed by atoms with Crippen LogP contribution in [0.5, 0.6) is 0 Å². The van der Waals surface area contributed by atoms with Crippen molar-refractivity contribution in [2.24, 2.45) is 5.10 Å². The Morgan fingerprint density at radius 2 is 1.77 bits per heavy atom. The first kappa shape index (κ1) is 28.3. The zero-order valence-electron chi connectivity index (χ0n) is 25.6. The topological polar surface area (TPSA) is 94.3 Å². The second kappa shape index (κ2) is 11.6. The van der Waals surface area contributed by atoms with Crippen LogP contribution >= 0.6 is 0 Å². The molecule has 1 unspecified atom stereocenters. The lowest BCUT2D eigenvalue weighted by atomic mass is 9.93. The molecule has 4 aliphatic rings. The van der Waals surface area contributed by atoms with E-state index in [0.29, 0.717) is 5.90 Å². The van der Waals surface area contributed by atoms with Gasteiger partial charge in [-0.15, -0.1) is 5.10 Å². The Balaban J connectivity index is 1.12. The van der Waals surface area contributed by atoms with Crippen molar-refractivity contribution in [1.82, 2.24) is 29.6 Å². The van der Waals surface area contributed by atoms with Crippen molar-refractivity contribution in [3.05, 3.63) is 54.2 Å². The van der Waals surface area contributed by atoms with Crippen LogP contribution in [-0.2, 0) is 10.3 Å². The molecule has 2 aromatic heterocycles. The summed E-state index contributed by atoms with van der Waals surface area (Å²) in [5, 5.41) is 25.5. The molecule has 228 valence electrons. The standard InChI is InChI=1S/C33H44N8O2/c1-4-34-29-21-28-27(22-35-29)32(23-5-7-24(8-6-23)33(15-16-33)40-19-17-38(2)18-20-40)37-41(28)25-9-11-26(12-10-25)43-30-13-14-31(42)39(3)36-30/h5-8,13-14,21-22,25-26,31,42H,4,9-12,15-20H2,1-3H3,(H,34,35). The fourth-order valence-electron chi connectivity index (χ4n) is 7.06. The first-order chi connectivity index (χ1) is 20.9. The van der Waals surface area contributed by atoms with Crippen molar-refractivity contribution in [2.45, 2.75) is 69.4 Å². The molecule has 7 rings (SSSR count). The molecule has 2 N–H and O–H groups in total. The molecule has 43 heavy (non-hydrogen) atoms. The van der Waals surface area contributed by atoms with E-state index in [9.17, 15) is 5.11 Å². The van der Waals surface area contributed by atoms with Crippen LogP contribution in [-0.4, -0.2) is 99.7 Å². The van der Waals surface area contributed by atoms with Gasteiger partial charge in [-0.2, -0.15) is 5.10 Å². The first-order valence-electron chi connectivity index (χ1n) is 15.9. The minimum Gasteiger partial charge on any atom is -0.473 e. The summed E-state index contributed by atoms with van der Waals surface area (Å²) < 4.78 is 8.44. The van der Waals surface area contributed by atoms with Gasteiger partial charge in [-0.3, -0.25) is 14.6 Å². The molecule has 0 spiro atoms. The maximum Gasteiger partial charge on any atom is 0.230 e. The second-order valence-electron chi connectivity index (χ2n) is 12.6. The lowest BCUT2D eigenvalue weighted by Gasteiger charge is -2.38. The number of fused-ring (bicyclic) bond motifs is 1. The van der Waals surface area contributed by atoms with E-state index in [1.165, 1.54) is 23.4 Å². The van der Waals surface area contributed by atoms with Crippen molar-refractivity contribution in [1.29, 1.82) is 0 Å². The number of benzene rings is 1. The number of hydrogen-bond donors (Lipinski definition) is 2. The number of aliphatic hydroxyl groups is 1. The van der Waals surface area contributed by atoms with Crippen molar-refractivity contribution in [3.63, 3.8) is 0 Å². The van der Waals surface area contributed by atoms with Crippen molar-refractivity contribution in [2.75, 3.05) is 52.1 Å². The predicted molar refractivity (Wildman–Crippen MR) is 170 cm³/mol. The van der Waals surface area contributed by atoms with Crippen LogP contribution in [0.1, 0.15) is 57.1 Å². The first-order valence-corrected chi connectivity index (χ1v) is 15.9. The Bertz CT molecular complexity index is 1500. The van der Waals surface area contributed by atoms with Gasteiger partial charge in [0.1, 0.15) is 17.6 Å². The number of rotatable bonds is 7. The Labute approximate surface area is 254 Å². The van der Waals surface area contributed by atoms with Crippen molar-refractivity contribution < 1.29 is 9.84 Å². The maximum absolute atomic E-state index is 9.85. The highest BCUT2D eigenvalue weighted by Crippen LogP contribution is 2.51. The molecule has 2 aliphatic heterocycles. The van der Waals surface area contributed by atoms with E-state index in [4.69, 9.17) is 14.8 Å². The summed E-state index contributed by atoms with van der Waals surface area (Å²) in [5.41, 5.74) is 4.93. The van der Waals surface area contributed by atoms with Gasteiger partial charge in [-0.05, 0) is 64.1 Å². The Hall–Kier alpha value is -3.47. The number of likely N-dealkylation sites (N-methyl/N-ethyl adjacent to an activating group) is 2. The summed E-state index contributed by atoms with van der Waals surface area (Å²) in [5.74, 6) is 1.44. The van der Waals surface area contributed by atoms with E-state index in [-0.39, 0.29) is 17.7 Å². The third-order valence-electron chi connectivity index (χ3n) is 9.80. The van der Waals surface area contributed by atoms with Crippen LogP contribution in [0.3, 0.4) is 0 Å². The average molecular weight is 585 g/mol. The monoisotopic (exact) mass is 584 g/mol. The van der Waals surface area contributed by atoms with Gasteiger partial charge in [0, 0.05) is 74.6 Å². The van der Waals surface area contributed by atoms with E-state index in [1.807, 2.05) is 6.20 Å². The van der Waals surface area contributed by atoms with E-state index in [1.54, 1.807) is 19.2 Å². The van der Waals surface area contributed by atoms with Crippen LogP contribution in [0.2, 0.25) is 0 Å². The predicted octanol–water partition coefficient (Wildman–Crippen LogP) is 4.40. The van der Waals surface area contributed by atoms with Crippen LogP contribution in [0.25, 0.3) is 22.2 Å². The van der Waals surface area contributed by atoms with Gasteiger partial charge in [0.15, 0.2) is 6.23 Å². The zero-order valence-corrected chi connectivity index (χ0v) is 25.6. The highest BCUT2D eigenvalue weighted by atomic mass is 16.5. The van der Waals surface area contributed by atoms with E-state index in [2.05, 4.69) is 69.2 Å². The summed E-state index contributed by atoms with van der Waals surface area (Å²) in [6, 6.07) is 11.7. The largest absolute Gasteiger partial charge is 0.473 e. The molecule has 4 heterocycles. The molecule has 0 amide bonds. The number of nitrogens with one attached hydrogen (secondary N) is 1. The normalized spacial score (nSPS) is 26.0. The number of aromatic nitrogens is 3. The number of hydrogen-bond acceptors (Lipinski definition) is 9. The molecule has 10 nitrogen and oxygen atoms in total. The average Bonchev–Trinajstić information content (AvgIpc) is 3.75. The summed E-state index contributed by atoms with van der Waals surface area (Å²) >= 11 is 0. The molecule has 1 aromatic carbocycles. The second-order valence-corrected chi connectivity index (χ2v) is 12.6. The summed E-state index contributed by atoms with van der Waals surface area (Å²) in [6.07, 6.45) is 11.2. The van der Waals surface area contributed by atoms with Gasteiger partial charge in [-0.25, -0.2) is 4.98 Å². The number of hydrazone groups is 1.